The molecule has 0 bridgehead atoms. The number of rotatable bonds is 1. The summed E-state index contributed by atoms with van der Waals surface area (Å²) in [7, 11) is 0. The minimum Gasteiger partial charge on any atom is -0.356 e. The van der Waals surface area contributed by atoms with Gasteiger partial charge in [-0.1, -0.05) is 15.9 Å². The molecule has 1 heterocycles. The topological polar surface area (TPSA) is 41.8 Å². The number of hydrogen-bond donors (Lipinski definition) is 2. The standard InChI is InChI=1S/C11H12BrFN2/c1-5(14)10-6(2)15-11-8(10)3-7(12)4-9(11)13/h3-5,15H,14H2,1-2H3. The predicted molar refractivity (Wildman–Crippen MR) is 63.3 cm³/mol. The molecule has 2 nitrogen and oxygen atoms in total. The van der Waals surface area contributed by atoms with Crippen LogP contribution in [0.25, 0.3) is 10.9 Å². The van der Waals surface area contributed by atoms with Crippen molar-refractivity contribution in [2.45, 2.75) is 19.9 Å². The lowest BCUT2D eigenvalue weighted by Gasteiger charge is -2.05. The number of nitrogens with one attached hydrogen (secondary N) is 1. The number of benzene rings is 1. The van der Waals surface area contributed by atoms with Crippen molar-refractivity contribution in [3.05, 3.63) is 33.7 Å². The van der Waals surface area contributed by atoms with Gasteiger partial charge in [-0.3, -0.25) is 0 Å². The van der Waals surface area contributed by atoms with Gasteiger partial charge in [0.25, 0.3) is 0 Å². The normalized spacial score (nSPS) is 13.4. The zero-order chi connectivity index (χ0) is 11.2. The van der Waals surface area contributed by atoms with E-state index in [1.54, 1.807) is 0 Å². The number of hydrogen-bond acceptors (Lipinski definition) is 1. The first kappa shape index (κ1) is 10.6. The minimum absolute atomic E-state index is 0.104. The van der Waals surface area contributed by atoms with E-state index < -0.39 is 0 Å². The Kier molecular flexibility index (Phi) is 2.56. The molecule has 1 unspecified atom stereocenters. The molecule has 1 aromatic carbocycles. The highest BCUT2D eigenvalue weighted by Crippen LogP contribution is 2.30. The number of H-pyrrole nitrogens is 1. The fourth-order valence-corrected chi connectivity index (χ4v) is 2.39. The summed E-state index contributed by atoms with van der Waals surface area (Å²) in [5.74, 6) is -0.255. The molecule has 0 aliphatic heterocycles. The van der Waals surface area contributed by atoms with Gasteiger partial charge >= 0.3 is 0 Å². The molecular formula is C11H12BrFN2. The summed E-state index contributed by atoms with van der Waals surface area (Å²) in [5, 5.41) is 0.856. The van der Waals surface area contributed by atoms with E-state index in [0.29, 0.717) is 5.52 Å². The van der Waals surface area contributed by atoms with Gasteiger partial charge in [0.2, 0.25) is 0 Å². The Morgan fingerprint density at radius 2 is 2.13 bits per heavy atom. The SMILES string of the molecule is Cc1[nH]c2c(F)cc(Br)cc2c1C(C)N. The van der Waals surface area contributed by atoms with Gasteiger partial charge in [-0.25, -0.2) is 4.39 Å². The molecule has 0 spiro atoms. The van der Waals surface area contributed by atoms with Crippen molar-refractivity contribution >= 4 is 26.8 Å². The van der Waals surface area contributed by atoms with E-state index in [-0.39, 0.29) is 11.9 Å². The first-order valence-electron chi connectivity index (χ1n) is 4.73. The molecule has 0 amide bonds. The first-order chi connectivity index (χ1) is 7.00. The number of halogens is 2. The van der Waals surface area contributed by atoms with Gasteiger partial charge in [0.15, 0.2) is 0 Å². The zero-order valence-corrected chi connectivity index (χ0v) is 10.2. The molecule has 80 valence electrons. The third-order valence-corrected chi connectivity index (χ3v) is 2.97. The van der Waals surface area contributed by atoms with Crippen LogP contribution in [0.1, 0.15) is 24.2 Å². The van der Waals surface area contributed by atoms with Crippen LogP contribution >= 0.6 is 15.9 Å². The molecule has 0 fully saturated rings. The van der Waals surface area contributed by atoms with Gasteiger partial charge in [0.1, 0.15) is 5.82 Å². The van der Waals surface area contributed by atoms with Crippen molar-refractivity contribution in [3.8, 4) is 0 Å². The summed E-state index contributed by atoms with van der Waals surface area (Å²) < 4.78 is 14.3. The minimum atomic E-state index is -0.255. The summed E-state index contributed by atoms with van der Waals surface area (Å²) in [4.78, 5) is 3.03. The highest BCUT2D eigenvalue weighted by molar-refractivity contribution is 9.10. The van der Waals surface area contributed by atoms with E-state index in [0.717, 1.165) is 21.1 Å². The maximum absolute atomic E-state index is 13.6. The van der Waals surface area contributed by atoms with E-state index in [4.69, 9.17) is 5.73 Å². The van der Waals surface area contributed by atoms with Crippen LogP contribution in [-0.2, 0) is 0 Å². The first-order valence-corrected chi connectivity index (χ1v) is 5.53. The Bertz CT molecular complexity index is 517. The summed E-state index contributed by atoms with van der Waals surface area (Å²) in [5.41, 5.74) is 8.30. The summed E-state index contributed by atoms with van der Waals surface area (Å²) >= 11 is 3.28. The van der Waals surface area contributed by atoms with Crippen molar-refractivity contribution in [1.82, 2.24) is 4.98 Å². The van der Waals surface area contributed by atoms with Crippen molar-refractivity contribution in [2.24, 2.45) is 5.73 Å². The van der Waals surface area contributed by atoms with Crippen molar-refractivity contribution in [3.63, 3.8) is 0 Å². The Morgan fingerprint density at radius 1 is 1.47 bits per heavy atom. The van der Waals surface area contributed by atoms with Gasteiger partial charge in [-0.15, -0.1) is 0 Å². The smallest absolute Gasteiger partial charge is 0.148 e. The lowest BCUT2D eigenvalue weighted by atomic mass is 10.1. The van der Waals surface area contributed by atoms with E-state index >= 15 is 0 Å². The second kappa shape index (κ2) is 3.61. The Balaban J connectivity index is 2.86. The van der Waals surface area contributed by atoms with E-state index in [9.17, 15) is 4.39 Å². The zero-order valence-electron chi connectivity index (χ0n) is 8.57. The maximum Gasteiger partial charge on any atom is 0.148 e. The molecule has 4 heteroatoms. The number of nitrogens with two attached hydrogens (primary N) is 1. The molecule has 0 radical (unpaired) electrons. The summed E-state index contributed by atoms with van der Waals surface area (Å²) in [6, 6.07) is 3.23. The van der Waals surface area contributed by atoms with Crippen LogP contribution in [0.15, 0.2) is 16.6 Å². The van der Waals surface area contributed by atoms with E-state index in [1.807, 2.05) is 19.9 Å². The van der Waals surface area contributed by atoms with E-state index in [2.05, 4.69) is 20.9 Å². The van der Waals surface area contributed by atoms with Gasteiger partial charge < -0.3 is 10.7 Å². The molecule has 15 heavy (non-hydrogen) atoms. The monoisotopic (exact) mass is 270 g/mol. The van der Waals surface area contributed by atoms with Crippen molar-refractivity contribution < 1.29 is 4.39 Å². The number of fused-ring (bicyclic) bond motifs is 1. The van der Waals surface area contributed by atoms with Crippen molar-refractivity contribution in [1.29, 1.82) is 0 Å². The van der Waals surface area contributed by atoms with Gasteiger partial charge in [-0.05, 0) is 31.5 Å². The Morgan fingerprint density at radius 3 is 2.73 bits per heavy atom. The predicted octanol–water partition coefficient (Wildman–Crippen LogP) is 3.40. The highest BCUT2D eigenvalue weighted by Gasteiger charge is 2.15. The number of aryl methyl sites for hydroxylation is 1. The van der Waals surface area contributed by atoms with Crippen LogP contribution in [0, 0.1) is 12.7 Å². The molecule has 1 atom stereocenters. The van der Waals surface area contributed by atoms with Crippen LogP contribution in [-0.4, -0.2) is 4.98 Å². The molecular weight excluding hydrogens is 259 g/mol. The Hall–Kier alpha value is -0.870. The van der Waals surface area contributed by atoms with E-state index in [1.165, 1.54) is 6.07 Å². The second-order valence-electron chi connectivity index (χ2n) is 3.76. The maximum atomic E-state index is 13.6. The average molecular weight is 271 g/mol. The lowest BCUT2D eigenvalue weighted by Crippen LogP contribution is -2.05. The van der Waals surface area contributed by atoms with Gasteiger partial charge in [0.05, 0.1) is 5.52 Å². The average Bonchev–Trinajstić information content (AvgIpc) is 2.41. The molecule has 0 saturated heterocycles. The molecule has 3 N–H and O–H groups in total. The quantitative estimate of drug-likeness (QED) is 0.820. The molecule has 0 aliphatic carbocycles. The van der Waals surface area contributed by atoms with Crippen LogP contribution in [0.4, 0.5) is 4.39 Å². The third kappa shape index (κ3) is 1.68. The molecule has 0 aliphatic rings. The Labute approximate surface area is 95.8 Å². The highest BCUT2D eigenvalue weighted by atomic mass is 79.9. The van der Waals surface area contributed by atoms with Crippen LogP contribution in [0.3, 0.4) is 0 Å². The molecule has 1 aromatic heterocycles. The van der Waals surface area contributed by atoms with Crippen LogP contribution < -0.4 is 5.73 Å². The van der Waals surface area contributed by atoms with Crippen LogP contribution in [0.5, 0.6) is 0 Å². The van der Waals surface area contributed by atoms with Gasteiger partial charge in [0, 0.05) is 21.6 Å². The third-order valence-electron chi connectivity index (χ3n) is 2.52. The molecule has 2 rings (SSSR count). The number of aromatic amines is 1. The fraction of sp³-hybridized carbons (Fsp3) is 0.273. The largest absolute Gasteiger partial charge is 0.356 e. The van der Waals surface area contributed by atoms with Gasteiger partial charge in [-0.2, -0.15) is 0 Å². The lowest BCUT2D eigenvalue weighted by molar-refractivity contribution is 0.636. The summed E-state index contributed by atoms with van der Waals surface area (Å²) in [6.07, 6.45) is 0. The van der Waals surface area contributed by atoms with Crippen molar-refractivity contribution in [2.75, 3.05) is 0 Å². The fourth-order valence-electron chi connectivity index (χ4n) is 1.96. The van der Waals surface area contributed by atoms with Crippen LogP contribution in [0.2, 0.25) is 0 Å². The molecule has 0 saturated carbocycles. The second-order valence-corrected chi connectivity index (χ2v) is 4.68. The summed E-state index contributed by atoms with van der Waals surface area (Å²) in [6.45, 7) is 3.81. The molecule has 2 aromatic rings. The number of aromatic nitrogens is 1.